The lowest BCUT2D eigenvalue weighted by Gasteiger charge is -2.32. The van der Waals surface area contributed by atoms with Crippen LogP contribution >= 0.6 is 0 Å². The van der Waals surface area contributed by atoms with Crippen molar-refractivity contribution < 1.29 is 9.31 Å². The third kappa shape index (κ3) is 1.95. The molecule has 3 rings (SSSR count). The van der Waals surface area contributed by atoms with Crippen LogP contribution < -0.4 is 5.59 Å². The average molecular weight is 246 g/mol. The Balaban J connectivity index is 1.86. The highest BCUT2D eigenvalue weighted by molar-refractivity contribution is 6.61. The molecule has 0 bridgehead atoms. The van der Waals surface area contributed by atoms with E-state index in [2.05, 4.69) is 9.97 Å². The standard InChI is InChI=1S/C13H19BN2O2/c1-12(2)13(3,4)18-14(17-12)11-8-15-7-10(16-11)9-5-6-9/h7-9H,5-6H2,1-4H3. The lowest BCUT2D eigenvalue weighted by Crippen LogP contribution is -2.41. The first-order chi connectivity index (χ1) is 8.39. The van der Waals surface area contributed by atoms with Crippen LogP contribution in [0, 0.1) is 0 Å². The molecular weight excluding hydrogens is 227 g/mol. The van der Waals surface area contributed by atoms with Gasteiger partial charge < -0.3 is 9.31 Å². The summed E-state index contributed by atoms with van der Waals surface area (Å²) in [7, 11) is -0.402. The zero-order valence-corrected chi connectivity index (χ0v) is 11.4. The molecule has 2 heterocycles. The van der Waals surface area contributed by atoms with Gasteiger partial charge in [-0.25, -0.2) is 0 Å². The van der Waals surface area contributed by atoms with Crippen molar-refractivity contribution in [1.29, 1.82) is 0 Å². The van der Waals surface area contributed by atoms with E-state index < -0.39 is 7.12 Å². The van der Waals surface area contributed by atoms with E-state index in [4.69, 9.17) is 9.31 Å². The van der Waals surface area contributed by atoms with E-state index in [1.54, 1.807) is 6.20 Å². The molecule has 1 aromatic rings. The summed E-state index contributed by atoms with van der Waals surface area (Å²) in [4.78, 5) is 8.90. The second-order valence-electron chi connectivity index (χ2n) is 6.23. The highest BCUT2D eigenvalue weighted by Gasteiger charge is 2.52. The molecule has 5 heteroatoms. The van der Waals surface area contributed by atoms with E-state index in [0.29, 0.717) is 5.92 Å². The smallest absolute Gasteiger partial charge is 0.398 e. The van der Waals surface area contributed by atoms with Gasteiger partial charge in [0.05, 0.1) is 22.5 Å². The molecule has 0 N–H and O–H groups in total. The quantitative estimate of drug-likeness (QED) is 0.744. The first-order valence-corrected chi connectivity index (χ1v) is 6.56. The third-order valence-corrected chi connectivity index (χ3v) is 4.16. The Hall–Kier alpha value is -0.935. The average Bonchev–Trinajstić information content (AvgIpc) is 3.08. The monoisotopic (exact) mass is 246 g/mol. The molecule has 0 radical (unpaired) electrons. The molecule has 1 aliphatic carbocycles. The van der Waals surface area contributed by atoms with Crippen molar-refractivity contribution >= 4 is 12.7 Å². The van der Waals surface area contributed by atoms with Gasteiger partial charge in [0, 0.05) is 18.3 Å². The third-order valence-electron chi connectivity index (χ3n) is 4.16. The summed E-state index contributed by atoms with van der Waals surface area (Å²) >= 11 is 0. The maximum atomic E-state index is 5.98. The van der Waals surface area contributed by atoms with E-state index in [1.165, 1.54) is 12.8 Å². The van der Waals surface area contributed by atoms with E-state index in [0.717, 1.165) is 11.3 Å². The van der Waals surface area contributed by atoms with Gasteiger partial charge in [0.25, 0.3) is 0 Å². The second kappa shape index (κ2) is 3.78. The first-order valence-electron chi connectivity index (χ1n) is 6.56. The van der Waals surface area contributed by atoms with E-state index in [-0.39, 0.29) is 11.2 Å². The summed E-state index contributed by atoms with van der Waals surface area (Å²) in [6, 6.07) is 0. The van der Waals surface area contributed by atoms with Crippen LogP contribution in [0.25, 0.3) is 0 Å². The summed E-state index contributed by atoms with van der Waals surface area (Å²) in [5.41, 5.74) is 1.21. The van der Waals surface area contributed by atoms with E-state index >= 15 is 0 Å². The Labute approximate surface area is 108 Å². The number of aromatic nitrogens is 2. The molecule has 4 nitrogen and oxygen atoms in total. The van der Waals surface area contributed by atoms with Crippen molar-refractivity contribution in [3.05, 3.63) is 18.1 Å². The number of rotatable bonds is 2. The molecule has 0 unspecified atom stereocenters. The fraction of sp³-hybridized carbons (Fsp3) is 0.692. The SMILES string of the molecule is CC1(C)OB(c2cncc(C3CC3)n2)OC1(C)C. The summed E-state index contributed by atoms with van der Waals surface area (Å²) < 4.78 is 12.0. The molecule has 2 aliphatic rings. The van der Waals surface area contributed by atoms with Gasteiger partial charge in [-0.3, -0.25) is 9.97 Å². The number of hydrogen-bond acceptors (Lipinski definition) is 4. The fourth-order valence-corrected chi connectivity index (χ4v) is 2.05. The van der Waals surface area contributed by atoms with Gasteiger partial charge in [0.2, 0.25) is 0 Å². The molecule has 1 aromatic heterocycles. The summed E-state index contributed by atoms with van der Waals surface area (Å²) in [5.74, 6) is 0.597. The first kappa shape index (κ1) is 12.1. The van der Waals surface area contributed by atoms with Crippen molar-refractivity contribution in [2.75, 3.05) is 0 Å². The predicted octanol–water partition coefficient (Wildman–Crippen LogP) is 1.65. The zero-order valence-electron chi connectivity index (χ0n) is 11.4. The Bertz CT molecular complexity index is 456. The van der Waals surface area contributed by atoms with Gasteiger partial charge in [-0.15, -0.1) is 0 Å². The van der Waals surface area contributed by atoms with Crippen molar-refractivity contribution in [3.63, 3.8) is 0 Å². The maximum absolute atomic E-state index is 5.98. The summed E-state index contributed by atoms with van der Waals surface area (Å²) in [6.07, 6.45) is 6.05. The molecule has 0 atom stereocenters. The Kier molecular flexibility index (Phi) is 2.54. The molecule has 96 valence electrons. The minimum absolute atomic E-state index is 0.324. The Morgan fingerprint density at radius 1 is 1.11 bits per heavy atom. The van der Waals surface area contributed by atoms with Crippen LogP contribution in [0.4, 0.5) is 0 Å². The van der Waals surface area contributed by atoms with Gasteiger partial charge in [-0.05, 0) is 40.5 Å². The van der Waals surface area contributed by atoms with Gasteiger partial charge in [0.1, 0.15) is 0 Å². The molecule has 18 heavy (non-hydrogen) atoms. The van der Waals surface area contributed by atoms with Crippen LogP contribution in [0.5, 0.6) is 0 Å². The fourth-order valence-electron chi connectivity index (χ4n) is 2.05. The van der Waals surface area contributed by atoms with Gasteiger partial charge in [0.15, 0.2) is 0 Å². The minimum atomic E-state index is -0.402. The van der Waals surface area contributed by atoms with Crippen molar-refractivity contribution in [2.45, 2.75) is 57.7 Å². The predicted molar refractivity (Wildman–Crippen MR) is 69.7 cm³/mol. The van der Waals surface area contributed by atoms with Gasteiger partial charge >= 0.3 is 7.12 Å². The Morgan fingerprint density at radius 2 is 1.72 bits per heavy atom. The Morgan fingerprint density at radius 3 is 2.28 bits per heavy atom. The zero-order chi connectivity index (χ0) is 13.0. The molecular formula is C13H19BN2O2. The highest BCUT2D eigenvalue weighted by Crippen LogP contribution is 2.39. The van der Waals surface area contributed by atoms with E-state index in [1.807, 2.05) is 33.9 Å². The van der Waals surface area contributed by atoms with Crippen LogP contribution in [-0.4, -0.2) is 28.3 Å². The van der Waals surface area contributed by atoms with Crippen LogP contribution in [0.2, 0.25) is 0 Å². The normalized spacial score (nSPS) is 25.4. The minimum Gasteiger partial charge on any atom is -0.398 e. The lowest BCUT2D eigenvalue weighted by atomic mass is 9.85. The van der Waals surface area contributed by atoms with Crippen molar-refractivity contribution in [3.8, 4) is 0 Å². The van der Waals surface area contributed by atoms with Crippen molar-refractivity contribution in [2.24, 2.45) is 0 Å². The van der Waals surface area contributed by atoms with Crippen LogP contribution in [0.3, 0.4) is 0 Å². The number of hydrogen-bond donors (Lipinski definition) is 0. The molecule has 0 aromatic carbocycles. The topological polar surface area (TPSA) is 44.2 Å². The van der Waals surface area contributed by atoms with Crippen LogP contribution in [0.15, 0.2) is 12.4 Å². The molecule has 1 saturated carbocycles. The molecule has 1 saturated heterocycles. The summed E-state index contributed by atoms with van der Waals surface area (Å²) in [5, 5.41) is 0. The molecule has 0 amide bonds. The highest BCUT2D eigenvalue weighted by atomic mass is 16.7. The molecule has 0 spiro atoms. The van der Waals surface area contributed by atoms with E-state index in [9.17, 15) is 0 Å². The maximum Gasteiger partial charge on any atom is 0.516 e. The summed E-state index contributed by atoms with van der Waals surface area (Å²) in [6.45, 7) is 8.19. The van der Waals surface area contributed by atoms with Crippen LogP contribution in [-0.2, 0) is 9.31 Å². The largest absolute Gasteiger partial charge is 0.516 e. The van der Waals surface area contributed by atoms with Crippen molar-refractivity contribution in [1.82, 2.24) is 9.97 Å². The lowest BCUT2D eigenvalue weighted by molar-refractivity contribution is 0.00578. The van der Waals surface area contributed by atoms with Crippen LogP contribution in [0.1, 0.15) is 52.1 Å². The van der Waals surface area contributed by atoms with Gasteiger partial charge in [-0.1, -0.05) is 0 Å². The van der Waals surface area contributed by atoms with Gasteiger partial charge in [-0.2, -0.15) is 0 Å². The molecule has 1 aliphatic heterocycles. The second-order valence-corrected chi connectivity index (χ2v) is 6.23. The number of nitrogens with zero attached hydrogens (tertiary/aromatic N) is 2. The molecule has 2 fully saturated rings.